The molecule has 2 heterocycles. The largest absolute Gasteiger partial charge is 0.496 e. The van der Waals surface area contributed by atoms with Crippen LogP contribution in [0.1, 0.15) is 43.7 Å². The lowest BCUT2D eigenvalue weighted by Gasteiger charge is -2.34. The highest BCUT2D eigenvalue weighted by Crippen LogP contribution is 2.38. The predicted molar refractivity (Wildman–Crippen MR) is 158 cm³/mol. The molecule has 4 atom stereocenters. The van der Waals surface area contributed by atoms with Crippen molar-refractivity contribution in [1.82, 2.24) is 21.1 Å². The molecule has 8 nitrogen and oxygen atoms in total. The highest BCUT2D eigenvalue weighted by Gasteiger charge is 2.42. The van der Waals surface area contributed by atoms with E-state index in [1.165, 1.54) is 0 Å². The summed E-state index contributed by atoms with van der Waals surface area (Å²) >= 11 is 10.2. The van der Waals surface area contributed by atoms with E-state index in [1.807, 2.05) is 24.3 Å². The minimum absolute atomic E-state index is 0.0682. The van der Waals surface area contributed by atoms with Crippen molar-refractivity contribution in [2.75, 3.05) is 34.4 Å². The molecule has 2 aliphatic heterocycles. The number of nitrogens with one attached hydrogen (secondary N) is 3. The van der Waals surface area contributed by atoms with Crippen LogP contribution in [0.15, 0.2) is 34.8 Å². The highest BCUT2D eigenvalue weighted by atomic mass is 79.9. The highest BCUT2D eigenvalue weighted by molar-refractivity contribution is 9.10. The van der Waals surface area contributed by atoms with Crippen molar-refractivity contribution in [3.05, 3.63) is 51.0 Å². The number of carbonyl (C=O) groups excluding carboxylic acids is 1. The molecule has 4 rings (SSSR count). The summed E-state index contributed by atoms with van der Waals surface area (Å²) in [6.45, 7) is 3.68. The number of rotatable bonds is 12. The lowest BCUT2D eigenvalue weighted by molar-refractivity contribution is -0.121. The second kappa shape index (κ2) is 14.0. The first-order valence-corrected chi connectivity index (χ1v) is 14.8. The van der Waals surface area contributed by atoms with Gasteiger partial charge in [-0.1, -0.05) is 40.5 Å². The molecule has 0 spiro atoms. The molecule has 2 saturated heterocycles. The number of nitrogens with zero attached hydrogens (tertiary/aromatic N) is 1. The van der Waals surface area contributed by atoms with Gasteiger partial charge >= 0.3 is 0 Å². The summed E-state index contributed by atoms with van der Waals surface area (Å²) in [5, 5.41) is 9.86. The van der Waals surface area contributed by atoms with Crippen LogP contribution in [0.4, 0.5) is 0 Å². The fourth-order valence-electron chi connectivity index (χ4n) is 5.64. The number of halogens is 2. The smallest absolute Gasteiger partial charge is 0.220 e. The van der Waals surface area contributed by atoms with Crippen LogP contribution < -0.4 is 30.3 Å². The molecule has 2 fully saturated rings. The van der Waals surface area contributed by atoms with E-state index in [0.29, 0.717) is 29.5 Å². The predicted octanol–water partition coefficient (Wildman–Crippen LogP) is 4.71. The van der Waals surface area contributed by atoms with Crippen LogP contribution in [-0.4, -0.2) is 63.6 Å². The maximum absolute atomic E-state index is 12.9. The summed E-state index contributed by atoms with van der Waals surface area (Å²) in [7, 11) is 4.89. The van der Waals surface area contributed by atoms with Gasteiger partial charge in [-0.3, -0.25) is 15.5 Å². The quantitative estimate of drug-likeness (QED) is 0.316. The number of methoxy groups -OCH3 is 3. The Morgan fingerprint density at radius 3 is 2.67 bits per heavy atom. The molecule has 2 aromatic carbocycles. The van der Waals surface area contributed by atoms with E-state index in [1.54, 1.807) is 21.3 Å². The van der Waals surface area contributed by atoms with Crippen LogP contribution >= 0.6 is 27.5 Å². The first-order valence-electron chi connectivity index (χ1n) is 13.6. The van der Waals surface area contributed by atoms with Crippen molar-refractivity contribution in [2.45, 2.75) is 63.7 Å². The van der Waals surface area contributed by atoms with Crippen molar-refractivity contribution in [2.24, 2.45) is 5.92 Å². The van der Waals surface area contributed by atoms with Gasteiger partial charge in [-0.15, -0.1) is 0 Å². The van der Waals surface area contributed by atoms with E-state index in [4.69, 9.17) is 25.8 Å². The Morgan fingerprint density at radius 1 is 1.15 bits per heavy atom. The van der Waals surface area contributed by atoms with Gasteiger partial charge in [-0.25, -0.2) is 5.01 Å². The lowest BCUT2D eigenvalue weighted by atomic mass is 9.96. The van der Waals surface area contributed by atoms with Crippen molar-refractivity contribution in [3.8, 4) is 17.2 Å². The van der Waals surface area contributed by atoms with E-state index in [2.05, 4.69) is 50.0 Å². The maximum Gasteiger partial charge on any atom is 0.220 e. The number of ether oxygens (including phenoxy) is 3. The van der Waals surface area contributed by atoms with Gasteiger partial charge < -0.3 is 19.5 Å². The third-order valence-electron chi connectivity index (χ3n) is 7.70. The summed E-state index contributed by atoms with van der Waals surface area (Å²) in [4.78, 5) is 12.9. The Balaban J connectivity index is 1.32. The van der Waals surface area contributed by atoms with E-state index < -0.39 is 0 Å². The van der Waals surface area contributed by atoms with Crippen LogP contribution in [0, 0.1) is 5.92 Å². The zero-order chi connectivity index (χ0) is 27.9. The number of amides is 1. The first kappa shape index (κ1) is 29.9. The third-order valence-corrected chi connectivity index (χ3v) is 8.61. The number of hydrogen-bond donors (Lipinski definition) is 3. The van der Waals surface area contributed by atoms with Gasteiger partial charge in [-0.05, 0) is 73.4 Å². The molecule has 10 heteroatoms. The van der Waals surface area contributed by atoms with E-state index in [0.717, 1.165) is 60.0 Å². The van der Waals surface area contributed by atoms with E-state index in [9.17, 15) is 4.79 Å². The molecule has 4 unspecified atom stereocenters. The number of hydrazine groups is 1. The van der Waals surface area contributed by atoms with Gasteiger partial charge in [0, 0.05) is 36.1 Å². The molecule has 2 aliphatic rings. The van der Waals surface area contributed by atoms with Crippen LogP contribution in [0.2, 0.25) is 5.02 Å². The number of hydrogen-bond acceptors (Lipinski definition) is 7. The molecule has 0 radical (unpaired) electrons. The van der Waals surface area contributed by atoms with Gasteiger partial charge in [-0.2, -0.15) is 0 Å². The Hall–Kier alpha value is -2.04. The lowest BCUT2D eigenvalue weighted by Crippen LogP contribution is -2.53. The fraction of sp³-hybridized carbons (Fsp3) is 0.552. The zero-order valence-corrected chi connectivity index (χ0v) is 25.5. The summed E-state index contributed by atoms with van der Waals surface area (Å²) < 4.78 is 17.4. The molecule has 1 amide bonds. The Labute approximate surface area is 245 Å². The second-order valence-corrected chi connectivity index (χ2v) is 11.7. The molecule has 0 bridgehead atoms. The summed E-state index contributed by atoms with van der Waals surface area (Å²) in [6, 6.07) is 10.3. The fourth-order valence-corrected chi connectivity index (χ4v) is 6.36. The van der Waals surface area contributed by atoms with Crippen molar-refractivity contribution in [1.29, 1.82) is 0 Å². The average molecular weight is 624 g/mol. The SMILES string of the molecule is COc1ccc(Br)cc1CC1C(CNC(=O)CCC(C)Cc2ccc(OC)c(OC)c2Cl)NC2CCCNN21. The monoisotopic (exact) mass is 622 g/mol. The minimum Gasteiger partial charge on any atom is -0.496 e. The molecule has 214 valence electrons. The zero-order valence-electron chi connectivity index (χ0n) is 23.2. The first-order chi connectivity index (χ1) is 18.8. The molecule has 0 aromatic heterocycles. The summed E-state index contributed by atoms with van der Waals surface area (Å²) in [5.41, 5.74) is 5.72. The Kier molecular flexibility index (Phi) is 10.8. The maximum atomic E-state index is 12.9. The van der Waals surface area contributed by atoms with Gasteiger partial charge in [0.05, 0.1) is 32.5 Å². The van der Waals surface area contributed by atoms with E-state index >= 15 is 0 Å². The molecular formula is C29H40BrClN4O4. The summed E-state index contributed by atoms with van der Waals surface area (Å²) in [5.74, 6) is 2.39. The molecule has 0 aliphatic carbocycles. The van der Waals surface area contributed by atoms with E-state index in [-0.39, 0.29) is 30.1 Å². The van der Waals surface area contributed by atoms with Gasteiger partial charge in [0.25, 0.3) is 0 Å². The molecule has 0 saturated carbocycles. The van der Waals surface area contributed by atoms with Crippen LogP contribution in [0.3, 0.4) is 0 Å². The average Bonchev–Trinajstić information content (AvgIpc) is 3.29. The van der Waals surface area contributed by atoms with Gasteiger partial charge in [0.15, 0.2) is 11.5 Å². The topological polar surface area (TPSA) is 84.1 Å². The molecular weight excluding hydrogens is 584 g/mol. The second-order valence-electron chi connectivity index (χ2n) is 10.4. The Bertz CT molecular complexity index is 1140. The number of fused-ring (bicyclic) bond motifs is 1. The normalized spacial score (nSPS) is 21.7. The van der Waals surface area contributed by atoms with Gasteiger partial charge in [0.1, 0.15) is 5.75 Å². The third kappa shape index (κ3) is 7.38. The standard InChI is InChI=1S/C29H40BrClN4O4/c1-18(14-19-8-10-25(38-3)29(39-4)28(19)31)7-12-27(36)32-17-22-23(35-26(34-22)6-5-13-33-35)16-20-15-21(30)9-11-24(20)37-2/h8-11,15,18,22-23,26,33-34H,5-7,12-14,16-17H2,1-4H3,(H,32,36). The number of carbonyl (C=O) groups is 1. The summed E-state index contributed by atoms with van der Waals surface area (Å²) in [6.07, 6.45) is 5.27. The molecule has 39 heavy (non-hydrogen) atoms. The van der Waals surface area contributed by atoms with Gasteiger partial charge in [0.2, 0.25) is 5.91 Å². The van der Waals surface area contributed by atoms with Crippen molar-refractivity contribution in [3.63, 3.8) is 0 Å². The van der Waals surface area contributed by atoms with Crippen molar-refractivity contribution < 1.29 is 19.0 Å². The number of benzene rings is 2. The van der Waals surface area contributed by atoms with Crippen LogP contribution in [0.5, 0.6) is 17.2 Å². The van der Waals surface area contributed by atoms with Crippen LogP contribution in [0.25, 0.3) is 0 Å². The van der Waals surface area contributed by atoms with Crippen LogP contribution in [-0.2, 0) is 17.6 Å². The molecule has 2 aromatic rings. The minimum atomic E-state index is 0.0682. The van der Waals surface area contributed by atoms with Crippen molar-refractivity contribution >= 4 is 33.4 Å². The Morgan fingerprint density at radius 2 is 1.92 bits per heavy atom. The molecule has 3 N–H and O–H groups in total.